The van der Waals surface area contributed by atoms with Crippen molar-refractivity contribution in [2.45, 2.75) is 6.92 Å². The molecule has 0 atom stereocenters. The molecule has 0 aromatic heterocycles. The third kappa shape index (κ3) is 2.11. The first-order valence-electron chi connectivity index (χ1n) is 5.00. The highest BCUT2D eigenvalue weighted by atomic mass is 19.1. The van der Waals surface area contributed by atoms with Gasteiger partial charge in [0.2, 0.25) is 0 Å². The van der Waals surface area contributed by atoms with Crippen molar-refractivity contribution in [3.8, 4) is 11.1 Å². The maximum atomic E-state index is 13.6. The fourth-order valence-electron chi connectivity index (χ4n) is 1.68. The summed E-state index contributed by atoms with van der Waals surface area (Å²) >= 11 is 0. The van der Waals surface area contributed by atoms with E-state index in [1.54, 1.807) is 6.92 Å². The highest BCUT2D eigenvalue weighted by Gasteiger charge is 2.11. The minimum atomic E-state index is -0.569. The lowest BCUT2D eigenvalue weighted by Crippen LogP contribution is -1.95. The van der Waals surface area contributed by atoms with Crippen molar-refractivity contribution in [2.75, 3.05) is 5.73 Å². The molecule has 1 nitrogen and oxygen atoms in total. The van der Waals surface area contributed by atoms with E-state index in [9.17, 15) is 13.2 Å². The van der Waals surface area contributed by atoms with Gasteiger partial charge in [-0.1, -0.05) is 0 Å². The largest absolute Gasteiger partial charge is 0.396 e. The maximum absolute atomic E-state index is 13.6. The Bertz CT molecular complexity index is 579. The summed E-state index contributed by atoms with van der Waals surface area (Å²) < 4.78 is 39.8. The van der Waals surface area contributed by atoms with Crippen LogP contribution in [0.2, 0.25) is 0 Å². The van der Waals surface area contributed by atoms with E-state index in [1.165, 1.54) is 12.1 Å². The van der Waals surface area contributed by atoms with E-state index in [4.69, 9.17) is 5.73 Å². The monoisotopic (exact) mass is 237 g/mol. The first-order valence-corrected chi connectivity index (χ1v) is 5.00. The number of halogens is 3. The minimum absolute atomic E-state index is 0.0780. The summed E-state index contributed by atoms with van der Waals surface area (Å²) in [5.41, 5.74) is 6.30. The van der Waals surface area contributed by atoms with E-state index in [-0.39, 0.29) is 11.3 Å². The Labute approximate surface area is 96.7 Å². The molecule has 2 rings (SSSR count). The molecule has 0 heterocycles. The van der Waals surface area contributed by atoms with Crippen molar-refractivity contribution in [3.63, 3.8) is 0 Å². The summed E-state index contributed by atoms with van der Waals surface area (Å²) in [6, 6.07) is 5.64. The minimum Gasteiger partial charge on any atom is -0.396 e. The Morgan fingerprint density at radius 3 is 2.29 bits per heavy atom. The standard InChI is InChI=1S/C13H10F3N/c1-7-4-12(16)13(17)6-9(7)10-5-8(14)2-3-11(10)15/h2-6H,17H2,1H3. The number of nitrogen functional groups attached to an aromatic ring is 1. The summed E-state index contributed by atoms with van der Waals surface area (Å²) in [7, 11) is 0. The van der Waals surface area contributed by atoms with E-state index >= 15 is 0 Å². The molecule has 2 N–H and O–H groups in total. The van der Waals surface area contributed by atoms with Gasteiger partial charge in [0.25, 0.3) is 0 Å². The normalized spacial score (nSPS) is 10.6. The van der Waals surface area contributed by atoms with Gasteiger partial charge in [0.05, 0.1) is 5.69 Å². The molecular weight excluding hydrogens is 227 g/mol. The molecule has 2 aromatic carbocycles. The van der Waals surface area contributed by atoms with Crippen molar-refractivity contribution in [1.82, 2.24) is 0 Å². The SMILES string of the molecule is Cc1cc(F)c(N)cc1-c1cc(F)ccc1F. The number of benzene rings is 2. The maximum Gasteiger partial charge on any atom is 0.146 e. The average Bonchev–Trinajstić information content (AvgIpc) is 2.27. The lowest BCUT2D eigenvalue weighted by atomic mass is 9.99. The molecule has 0 spiro atoms. The molecule has 4 heteroatoms. The molecule has 0 aliphatic carbocycles. The molecule has 0 aliphatic rings. The summed E-state index contributed by atoms with van der Waals surface area (Å²) in [4.78, 5) is 0. The van der Waals surface area contributed by atoms with Crippen LogP contribution in [-0.4, -0.2) is 0 Å². The van der Waals surface area contributed by atoms with Crippen molar-refractivity contribution in [2.24, 2.45) is 0 Å². The zero-order valence-electron chi connectivity index (χ0n) is 9.10. The van der Waals surface area contributed by atoms with Crippen LogP contribution in [0.5, 0.6) is 0 Å². The van der Waals surface area contributed by atoms with Crippen LogP contribution in [0.3, 0.4) is 0 Å². The van der Waals surface area contributed by atoms with E-state index in [1.807, 2.05) is 0 Å². The van der Waals surface area contributed by atoms with E-state index in [0.29, 0.717) is 11.1 Å². The lowest BCUT2D eigenvalue weighted by Gasteiger charge is -2.09. The average molecular weight is 237 g/mol. The molecule has 88 valence electrons. The molecule has 0 bridgehead atoms. The number of rotatable bonds is 1. The summed E-state index contributed by atoms with van der Waals surface area (Å²) in [6.07, 6.45) is 0. The van der Waals surface area contributed by atoms with Crippen LogP contribution in [0.15, 0.2) is 30.3 Å². The highest BCUT2D eigenvalue weighted by molar-refractivity contribution is 5.71. The third-order valence-electron chi connectivity index (χ3n) is 2.56. The van der Waals surface area contributed by atoms with Gasteiger partial charge in [-0.25, -0.2) is 13.2 Å². The zero-order chi connectivity index (χ0) is 12.6. The fourth-order valence-corrected chi connectivity index (χ4v) is 1.68. The van der Waals surface area contributed by atoms with Crippen LogP contribution in [-0.2, 0) is 0 Å². The Hall–Kier alpha value is -1.97. The quantitative estimate of drug-likeness (QED) is 0.752. The molecule has 0 saturated carbocycles. The first-order chi connectivity index (χ1) is 7.99. The first kappa shape index (κ1) is 11.5. The number of hydrogen-bond donors (Lipinski definition) is 1. The van der Waals surface area contributed by atoms with Crippen LogP contribution in [0.4, 0.5) is 18.9 Å². The fraction of sp³-hybridized carbons (Fsp3) is 0.0769. The van der Waals surface area contributed by atoms with E-state index in [2.05, 4.69) is 0 Å². The molecule has 0 radical (unpaired) electrons. The van der Waals surface area contributed by atoms with Gasteiger partial charge in [-0.2, -0.15) is 0 Å². The zero-order valence-corrected chi connectivity index (χ0v) is 9.10. The van der Waals surface area contributed by atoms with Crippen LogP contribution in [0, 0.1) is 24.4 Å². The lowest BCUT2D eigenvalue weighted by molar-refractivity contribution is 0.603. The number of anilines is 1. The van der Waals surface area contributed by atoms with Gasteiger partial charge in [0, 0.05) is 5.56 Å². The van der Waals surface area contributed by atoms with Crippen molar-refractivity contribution in [1.29, 1.82) is 0 Å². The smallest absolute Gasteiger partial charge is 0.146 e. The predicted molar refractivity (Wildman–Crippen MR) is 60.9 cm³/mol. The Morgan fingerprint density at radius 1 is 0.882 bits per heavy atom. The van der Waals surface area contributed by atoms with Crippen molar-refractivity contribution >= 4 is 5.69 Å². The second-order valence-electron chi connectivity index (χ2n) is 3.81. The molecule has 0 fully saturated rings. The second kappa shape index (κ2) is 4.13. The number of nitrogens with two attached hydrogens (primary N) is 1. The summed E-state index contributed by atoms with van der Waals surface area (Å²) in [5.74, 6) is -1.69. The van der Waals surface area contributed by atoms with Crippen molar-refractivity contribution in [3.05, 3.63) is 53.3 Å². The van der Waals surface area contributed by atoms with Crippen LogP contribution in [0.25, 0.3) is 11.1 Å². The van der Waals surface area contributed by atoms with Crippen LogP contribution >= 0.6 is 0 Å². The molecular formula is C13H10F3N. The Kier molecular flexibility index (Phi) is 2.79. The Balaban J connectivity index is 2.68. The second-order valence-corrected chi connectivity index (χ2v) is 3.81. The van der Waals surface area contributed by atoms with Gasteiger partial charge in [0.15, 0.2) is 0 Å². The van der Waals surface area contributed by atoms with E-state index in [0.717, 1.165) is 18.2 Å². The Morgan fingerprint density at radius 2 is 1.59 bits per heavy atom. The van der Waals surface area contributed by atoms with Crippen LogP contribution < -0.4 is 5.73 Å². The number of hydrogen-bond acceptors (Lipinski definition) is 1. The topological polar surface area (TPSA) is 26.0 Å². The van der Waals surface area contributed by atoms with Crippen LogP contribution in [0.1, 0.15) is 5.56 Å². The number of aryl methyl sites for hydroxylation is 1. The molecule has 2 aromatic rings. The van der Waals surface area contributed by atoms with Gasteiger partial charge in [-0.05, 0) is 48.4 Å². The van der Waals surface area contributed by atoms with Gasteiger partial charge in [-0.3, -0.25) is 0 Å². The van der Waals surface area contributed by atoms with Gasteiger partial charge in [-0.15, -0.1) is 0 Å². The molecule has 0 amide bonds. The molecule has 0 saturated heterocycles. The van der Waals surface area contributed by atoms with Gasteiger partial charge in [0.1, 0.15) is 17.5 Å². The molecule has 0 unspecified atom stereocenters. The summed E-state index contributed by atoms with van der Waals surface area (Å²) in [6.45, 7) is 1.61. The molecule has 0 aliphatic heterocycles. The highest BCUT2D eigenvalue weighted by Crippen LogP contribution is 2.29. The summed E-state index contributed by atoms with van der Waals surface area (Å²) in [5, 5.41) is 0. The molecule has 17 heavy (non-hydrogen) atoms. The predicted octanol–water partition coefficient (Wildman–Crippen LogP) is 3.66. The third-order valence-corrected chi connectivity index (χ3v) is 2.56. The van der Waals surface area contributed by atoms with Gasteiger partial charge < -0.3 is 5.73 Å². The van der Waals surface area contributed by atoms with E-state index < -0.39 is 17.5 Å². The van der Waals surface area contributed by atoms with Crippen molar-refractivity contribution < 1.29 is 13.2 Å². The van der Waals surface area contributed by atoms with Gasteiger partial charge >= 0.3 is 0 Å².